The second-order valence-electron chi connectivity index (χ2n) is 56.7. The van der Waals surface area contributed by atoms with Crippen molar-refractivity contribution in [2.75, 3.05) is 19.6 Å². The smallest absolute Gasteiger partial charge is 0.0620 e. The van der Waals surface area contributed by atoms with Crippen molar-refractivity contribution in [2.45, 2.75) is 360 Å². The Kier molecular flexibility index (Phi) is 24.2. The fraction of sp³-hybridized carbons (Fsp3) is 0.472. The van der Waals surface area contributed by atoms with Crippen LogP contribution in [0.5, 0.6) is 0 Å². The van der Waals surface area contributed by atoms with E-state index in [1.165, 1.54) is 310 Å². The lowest BCUT2D eigenvalue weighted by Crippen LogP contribution is -2.48. The molecule has 0 saturated heterocycles. The lowest BCUT2D eigenvalue weighted by atomic mass is 9.48. The van der Waals surface area contributed by atoms with Crippen LogP contribution in [0.3, 0.4) is 0 Å². The first-order chi connectivity index (χ1) is 70.8. The summed E-state index contributed by atoms with van der Waals surface area (Å²) < 4.78 is 0. The minimum absolute atomic E-state index is 0.0464. The maximum absolute atomic E-state index is 2.78. The zero-order valence-corrected chi connectivity index (χ0v) is 93.4. The number of hydrogen-bond acceptors (Lipinski definition) is 4. The van der Waals surface area contributed by atoms with Crippen molar-refractivity contribution in [3.8, 4) is 0 Å². The molecule has 14 aromatic rings. The molecule has 4 nitrogen and oxygen atoms in total. The van der Waals surface area contributed by atoms with Crippen molar-refractivity contribution >= 4 is 111 Å². The highest BCUT2D eigenvalue weighted by atomic mass is 15.2. The van der Waals surface area contributed by atoms with Gasteiger partial charge in [-0.05, 0) is 480 Å². The molecule has 0 heterocycles. The first-order valence-corrected chi connectivity index (χ1v) is 58.9. The Balaban J connectivity index is 0.000000154. The van der Waals surface area contributed by atoms with E-state index in [0.717, 1.165) is 71.0 Å². The first-order valence-electron chi connectivity index (χ1n) is 58.9. The molecule has 16 bridgehead atoms. The summed E-state index contributed by atoms with van der Waals surface area (Å²) in [6, 6.07) is 109. The molecular weight excluding hydrogens is 1790 g/mol. The van der Waals surface area contributed by atoms with E-state index in [2.05, 4.69) is 425 Å². The topological polar surface area (TPSA) is 13.0 Å². The van der Waals surface area contributed by atoms with E-state index in [-0.39, 0.29) is 43.3 Å². The molecule has 0 spiro atoms. The highest BCUT2D eigenvalue weighted by Crippen LogP contribution is 2.69. The van der Waals surface area contributed by atoms with Crippen LogP contribution in [0.15, 0.2) is 267 Å². The highest BCUT2D eigenvalue weighted by molar-refractivity contribution is 6.25. The Morgan fingerprint density at radius 2 is 0.311 bits per heavy atom. The van der Waals surface area contributed by atoms with E-state index < -0.39 is 0 Å². The molecule has 14 aromatic carbocycles. The molecule has 16 aliphatic rings. The largest absolute Gasteiger partial charge is 0.309 e. The molecule has 0 aromatic heterocycles. The number of nitrogens with zero attached hydrogens (tertiary/aromatic N) is 4. The van der Waals surface area contributed by atoms with Crippen LogP contribution in [0.1, 0.15) is 383 Å². The molecule has 0 aliphatic heterocycles. The Bertz CT molecular complexity index is 6870. The van der Waals surface area contributed by atoms with E-state index >= 15 is 0 Å². The third kappa shape index (κ3) is 17.5. The van der Waals surface area contributed by atoms with Gasteiger partial charge in [0.15, 0.2) is 0 Å². The number of rotatable bonds is 20. The van der Waals surface area contributed by atoms with Gasteiger partial charge in [0.25, 0.3) is 0 Å². The molecule has 16 fully saturated rings. The number of hydrogen-bond donors (Lipinski definition) is 0. The van der Waals surface area contributed by atoms with Gasteiger partial charge in [-0.25, -0.2) is 0 Å². The quantitative estimate of drug-likeness (QED) is 0.0557. The molecule has 30 rings (SSSR count). The van der Waals surface area contributed by atoms with Gasteiger partial charge >= 0.3 is 0 Å². The minimum atomic E-state index is 0.0464. The van der Waals surface area contributed by atoms with Crippen LogP contribution in [-0.4, -0.2) is 0 Å². The number of benzene rings is 14. The Morgan fingerprint density at radius 1 is 0.176 bits per heavy atom. The van der Waals surface area contributed by atoms with Gasteiger partial charge in [-0.3, -0.25) is 0 Å². The van der Waals surface area contributed by atoms with E-state index in [1.54, 1.807) is 22.3 Å². The monoisotopic (exact) mass is 1950 g/mol. The molecule has 16 saturated carbocycles. The maximum Gasteiger partial charge on any atom is 0.0620 e. The van der Waals surface area contributed by atoms with E-state index in [4.69, 9.17) is 0 Å². The Hall–Kier alpha value is -10.7. The molecule has 0 unspecified atom stereocenters. The lowest BCUT2D eigenvalue weighted by Gasteiger charge is -2.57. The summed E-state index contributed by atoms with van der Waals surface area (Å²) in [6.45, 7) is 46.7. The highest BCUT2D eigenvalue weighted by Gasteiger charge is 2.57. The summed E-state index contributed by atoms with van der Waals surface area (Å²) in [7, 11) is 0. The van der Waals surface area contributed by atoms with E-state index in [1.807, 2.05) is 0 Å². The Morgan fingerprint density at radius 3 is 0.453 bits per heavy atom. The van der Waals surface area contributed by atoms with Crippen molar-refractivity contribution in [2.24, 2.45) is 71.0 Å². The summed E-state index contributed by atoms with van der Waals surface area (Å²) in [5, 5.41) is 10.8. The second-order valence-corrected chi connectivity index (χ2v) is 56.7. The van der Waals surface area contributed by atoms with Crippen LogP contribution in [0, 0.1) is 71.0 Å². The predicted octanol–water partition coefficient (Wildman–Crippen LogP) is 41.4. The van der Waals surface area contributed by atoms with Gasteiger partial charge in [-0.15, -0.1) is 0 Å². The molecule has 0 atom stereocenters. The molecule has 764 valence electrons. The van der Waals surface area contributed by atoms with Crippen LogP contribution >= 0.6 is 0 Å². The van der Waals surface area contributed by atoms with Crippen LogP contribution in [0.25, 0.3) is 43.1 Å². The van der Waals surface area contributed by atoms with Gasteiger partial charge in [0.1, 0.15) is 0 Å². The van der Waals surface area contributed by atoms with Crippen LogP contribution in [-0.2, 0) is 43.3 Å². The third-order valence-corrected chi connectivity index (χ3v) is 40.9. The molecule has 148 heavy (non-hydrogen) atoms. The normalized spacial score (nSPS) is 27.0. The maximum atomic E-state index is 2.78. The third-order valence-electron chi connectivity index (χ3n) is 40.9. The number of fused-ring (bicyclic) bond motifs is 4. The SMILES string of the molecule is CC(C)c1ccc(N(c2ccc(C(C)(C)C)cc2)c2c3ccc(C45CC6CC(CC(C6)C4)C5)cc3c(N(c3ccc(C(C)C)cc3)c3ccc(C(C)(C)C)cc3)c3cc(C45CC6CC(CC(C6)C4)C5)ccc23)cc1.CC(C)c1ccc(N(c2ccc(C(C)(C)C)cc2)c2c3ccc(C45CC6CC(CC(C6)C4)C5)cc3c(N(c3ccc(C(C)C)cc3)c3ccc(C(C)(C)C)cc3)c3ccc(C45CC6CC(CC(C6)C4)C5)cc23)cc1. The summed E-state index contributed by atoms with van der Waals surface area (Å²) in [5.41, 5.74) is 33.5. The Labute approximate surface area is 888 Å². The van der Waals surface area contributed by atoms with Gasteiger partial charge in [0.2, 0.25) is 0 Å². The van der Waals surface area contributed by atoms with Gasteiger partial charge in [-0.1, -0.05) is 284 Å². The molecule has 0 N–H and O–H groups in total. The molecule has 0 radical (unpaired) electrons. The van der Waals surface area contributed by atoms with Gasteiger partial charge in [0, 0.05) is 88.6 Å². The first kappa shape index (κ1) is 98.1. The van der Waals surface area contributed by atoms with Crippen LogP contribution in [0.2, 0.25) is 0 Å². The summed E-state index contributed by atoms with van der Waals surface area (Å²) in [6.07, 6.45) is 33.5. The molecule has 0 amide bonds. The van der Waals surface area contributed by atoms with Crippen molar-refractivity contribution in [3.05, 3.63) is 334 Å². The second kappa shape index (κ2) is 36.6. The van der Waals surface area contributed by atoms with Crippen LogP contribution < -0.4 is 19.6 Å². The average molecular weight is 1950 g/mol. The molecule has 16 aliphatic carbocycles. The van der Waals surface area contributed by atoms with E-state index in [9.17, 15) is 0 Å². The van der Waals surface area contributed by atoms with Crippen molar-refractivity contribution in [1.82, 2.24) is 0 Å². The van der Waals surface area contributed by atoms with Gasteiger partial charge in [0.05, 0.1) is 22.7 Å². The average Bonchev–Trinajstić information content (AvgIpc) is 0.706. The standard InChI is InChI=1S/2C72H84N2/c1-45(2)53-11-21-59(22-12-53)73(61-25-15-55(16-26-61)69(5,6)7)67-63-29-19-58(72-42-50-34-51(43-72)36-52(35-50)44-72)38-66(63)68(64-30-20-57(37-65(64)67)71-39-47-31-48(40-71)33-49(32-47)41-71)74(60-23-13-54(14-24-60)46(3)4)62-27-17-56(18-28-62)70(8,9)10;1-45(2)53-11-21-59(22-12-53)73(61-25-15-55(16-26-61)69(5,6)7)67-63-29-19-57(71-39-47-31-48(40-71)33-49(32-47)41-71)37-65(63)68(66-38-58(20-30-64(66)67)72-42-50-34-51(43-72)36-52(35-50)44-72)74(60-23-13-54(14-24-60)46(3)4)62-27-17-56(18-28-62)70(8,9)10/h2*11-30,37-38,45-52H,31-36,39-44H2,1-10H3. The molecule has 4 heteroatoms. The molecular formula is C144H168N4. The predicted molar refractivity (Wildman–Crippen MR) is 632 cm³/mol. The summed E-state index contributed by atoms with van der Waals surface area (Å²) in [5.74, 6) is 12.2. The van der Waals surface area contributed by atoms with Crippen molar-refractivity contribution in [3.63, 3.8) is 0 Å². The zero-order chi connectivity index (χ0) is 102. The lowest BCUT2D eigenvalue weighted by molar-refractivity contribution is -0.00525. The van der Waals surface area contributed by atoms with Crippen LogP contribution in [0.4, 0.5) is 68.2 Å². The van der Waals surface area contributed by atoms with Crippen molar-refractivity contribution in [1.29, 1.82) is 0 Å². The fourth-order valence-corrected chi connectivity index (χ4v) is 34.6. The van der Waals surface area contributed by atoms with Gasteiger partial charge < -0.3 is 19.6 Å². The summed E-state index contributed by atoms with van der Waals surface area (Å²) >= 11 is 0. The zero-order valence-electron chi connectivity index (χ0n) is 93.4. The summed E-state index contributed by atoms with van der Waals surface area (Å²) in [4.78, 5) is 10.7. The minimum Gasteiger partial charge on any atom is -0.309 e. The van der Waals surface area contributed by atoms with Crippen molar-refractivity contribution < 1.29 is 0 Å². The fourth-order valence-electron chi connectivity index (χ4n) is 34.6. The van der Waals surface area contributed by atoms with Gasteiger partial charge in [-0.2, -0.15) is 0 Å². The van der Waals surface area contributed by atoms with E-state index in [0.29, 0.717) is 23.7 Å². The number of anilines is 12.